The average Bonchev–Trinajstić information content (AvgIpc) is 3.14. The van der Waals surface area contributed by atoms with Gasteiger partial charge in [0.15, 0.2) is 31.1 Å². The second-order valence-corrected chi connectivity index (χ2v) is 19.2. The van der Waals surface area contributed by atoms with E-state index < -0.39 is 193 Å². The van der Waals surface area contributed by atoms with E-state index in [1.54, 1.807) is 0 Å². The topological polar surface area (TPSA) is 584 Å². The number of aliphatic carboxylic acids is 2. The van der Waals surface area contributed by atoms with Crippen molar-refractivity contribution in [1.82, 2.24) is 9.44 Å². The molecule has 0 aromatic carbocycles. The summed E-state index contributed by atoms with van der Waals surface area (Å²) in [4.78, 5) is 24.2. The second-order valence-electron chi connectivity index (χ2n) is 13.6. The minimum atomic E-state index is -5.67. The van der Waals surface area contributed by atoms with Gasteiger partial charge in [0.2, 0.25) is 12.0 Å². The Morgan fingerprint density at radius 2 is 1.03 bits per heavy atom. The molecule has 66 heavy (non-hydrogen) atoms. The maximum Gasteiger partial charge on any atom is 0.397 e. The van der Waals surface area contributed by atoms with Crippen LogP contribution in [0.4, 0.5) is 0 Å². The quantitative estimate of drug-likeness (QED) is 0.0503. The third-order valence-corrected chi connectivity index (χ3v) is 11.4. The molecule has 0 aromatic rings. The summed E-state index contributed by atoms with van der Waals surface area (Å²) in [6.45, 7) is -3.05. The molecule has 18 atom stereocenters. The first-order valence-electron chi connectivity index (χ1n) is 17.2. The van der Waals surface area contributed by atoms with Gasteiger partial charge in [-0.2, -0.15) is 51.5 Å². The molecule has 0 bridgehead atoms. The van der Waals surface area contributed by atoms with Crippen LogP contribution in [-0.2, 0) is 107 Å². The van der Waals surface area contributed by atoms with Crippen LogP contribution in [0.5, 0.6) is 0 Å². The molecular formula is C24H38N2O35S5. The number of carboxylic acid groups (broad SMARTS) is 2. The lowest BCUT2D eigenvalue weighted by molar-refractivity contribution is -0.364. The molecule has 4 rings (SSSR count). The van der Waals surface area contributed by atoms with Gasteiger partial charge in [-0.05, 0) is 6.08 Å². The fraction of sp³-hybridized carbons (Fsp3) is 0.833. The molecule has 3 fully saturated rings. The summed E-state index contributed by atoms with van der Waals surface area (Å²) in [6, 6.07) is -5.02. The van der Waals surface area contributed by atoms with Crippen LogP contribution in [0.2, 0.25) is 0 Å². The molecule has 1 unspecified atom stereocenters. The zero-order valence-corrected chi connectivity index (χ0v) is 35.8. The van der Waals surface area contributed by atoms with Gasteiger partial charge in [-0.25, -0.2) is 22.1 Å². The van der Waals surface area contributed by atoms with Crippen LogP contribution in [0.15, 0.2) is 11.8 Å². The Bertz CT molecular complexity index is 2340. The van der Waals surface area contributed by atoms with Gasteiger partial charge < -0.3 is 74.0 Å². The van der Waals surface area contributed by atoms with Crippen LogP contribution in [-0.4, -0.2) is 241 Å². The molecule has 0 radical (unpaired) electrons. The number of carboxylic acids is 2. The Morgan fingerprint density at radius 1 is 0.561 bits per heavy atom. The van der Waals surface area contributed by atoms with Gasteiger partial charge in [-0.1, -0.05) is 0 Å². The van der Waals surface area contributed by atoms with Crippen molar-refractivity contribution in [3.8, 4) is 0 Å². The van der Waals surface area contributed by atoms with Crippen molar-refractivity contribution in [2.45, 2.75) is 110 Å². The molecule has 4 aliphatic heterocycles. The van der Waals surface area contributed by atoms with E-state index >= 15 is 0 Å². The number of nitrogens with one attached hydrogen (secondary N) is 2. The van der Waals surface area contributed by atoms with Gasteiger partial charge >= 0.3 is 63.7 Å². The molecule has 0 aromatic heterocycles. The van der Waals surface area contributed by atoms with Crippen LogP contribution in [0, 0.1) is 0 Å². The van der Waals surface area contributed by atoms with E-state index in [9.17, 15) is 111 Å². The highest BCUT2D eigenvalue weighted by Crippen LogP contribution is 2.35. The summed E-state index contributed by atoms with van der Waals surface area (Å²) in [7, 11) is -27.6. The van der Waals surface area contributed by atoms with Crippen molar-refractivity contribution in [1.29, 1.82) is 0 Å². The van der Waals surface area contributed by atoms with E-state index in [1.165, 1.54) is 9.44 Å². The molecule has 37 nitrogen and oxygen atoms in total. The predicted octanol–water partition coefficient (Wildman–Crippen LogP) is -10.1. The maximum atomic E-state index is 12.5. The molecule has 42 heteroatoms. The Hall–Kier alpha value is -2.65. The zero-order valence-electron chi connectivity index (χ0n) is 31.7. The lowest BCUT2D eigenvalue weighted by Crippen LogP contribution is -2.70. The molecule has 15 N–H and O–H groups in total. The number of aliphatic hydroxyl groups excluding tert-OH is 6. The Kier molecular flexibility index (Phi) is 17.9. The second kappa shape index (κ2) is 21.1. The number of carbonyl (C=O) groups is 2. The molecule has 3 saturated heterocycles. The highest BCUT2D eigenvalue weighted by atomic mass is 32.3. The molecule has 0 saturated carbocycles. The summed E-state index contributed by atoms with van der Waals surface area (Å²) >= 11 is 0. The van der Waals surface area contributed by atoms with E-state index in [4.69, 9.17) is 37.7 Å². The molecule has 4 aliphatic rings. The van der Waals surface area contributed by atoms with Crippen molar-refractivity contribution in [3.05, 3.63) is 11.8 Å². The SMILES string of the molecule is O=C(O)C1=C[C@H](O)[C@@H](OS(=O)(=O)O)[C@H](O[C@H]2[C@H](O)[C@@H](NS(=O)(=O)O)[C@@H](O[C@H]3[C@H](O)[C@@H](O)[C@H](O[C@H]4[C@H](O)[C@@H](NS(=O)(=O)O)C(O)O[C@@H]4COS(=O)(=O)O)O[C@@H]3C(=O)O)O[C@@H]2COS(=O)(=O)O)O1. The standard InChI is InChI=1S/C24H38N2O35S5/c27-4-1-5(19(32)33)55-24(14(4)61-66(49,50)51)58-16-7(3-53-65(46,47)48)56-22(9(11(16)29)26-63(40,41)42)59-17-12(30)13(31)23(60-18(17)20(34)35)57-15-6(2-52-64(43,44)45)54-21(36)8(10(15)28)25-62(37,38)39/h1,4,6-18,21-31,36H,2-3H2,(H,32,33)(H,34,35)(H,37,38,39)(H,40,41,42)(H,43,44,45)(H,46,47,48)(H,49,50,51)/t4-,6+,7+,8+,9+,10+,11+,12+,13+,14+,15+,16+,17-,18-,21?,22+,23+,24-/m0/s1. The van der Waals surface area contributed by atoms with Crippen LogP contribution < -0.4 is 9.44 Å². The fourth-order valence-corrected chi connectivity index (χ4v) is 8.65. The molecule has 0 amide bonds. The first-order valence-corrected chi connectivity index (χ1v) is 24.2. The van der Waals surface area contributed by atoms with Gasteiger partial charge in [0.1, 0.15) is 73.1 Å². The number of hydrogen-bond acceptors (Lipinski definition) is 28. The first-order chi connectivity index (χ1) is 29.9. The summed E-state index contributed by atoms with van der Waals surface area (Å²) in [5.74, 6) is -5.47. The van der Waals surface area contributed by atoms with Crippen LogP contribution >= 0.6 is 0 Å². The number of rotatable bonds is 20. The molecule has 4 heterocycles. The van der Waals surface area contributed by atoms with E-state index in [1.807, 2.05) is 0 Å². The van der Waals surface area contributed by atoms with Gasteiger partial charge in [0.05, 0.1) is 13.2 Å². The molecular weight excluding hydrogens is 1040 g/mol. The molecule has 0 spiro atoms. The smallest absolute Gasteiger partial charge is 0.397 e. The summed E-state index contributed by atoms with van der Waals surface area (Å²) < 4.78 is 214. The van der Waals surface area contributed by atoms with Crippen LogP contribution in [0.25, 0.3) is 0 Å². The third kappa shape index (κ3) is 15.4. The molecule has 0 aliphatic carbocycles. The van der Waals surface area contributed by atoms with Gasteiger partial charge in [-0.15, -0.1) is 0 Å². The first kappa shape index (κ1) is 55.9. The van der Waals surface area contributed by atoms with Crippen molar-refractivity contribution in [2.24, 2.45) is 0 Å². The van der Waals surface area contributed by atoms with E-state index in [2.05, 4.69) is 12.5 Å². The van der Waals surface area contributed by atoms with Crippen molar-refractivity contribution in [2.75, 3.05) is 13.2 Å². The Morgan fingerprint density at radius 3 is 1.50 bits per heavy atom. The van der Waals surface area contributed by atoms with Crippen molar-refractivity contribution in [3.63, 3.8) is 0 Å². The lowest BCUT2D eigenvalue weighted by Gasteiger charge is -2.49. The van der Waals surface area contributed by atoms with Gasteiger partial charge in [0.25, 0.3) is 0 Å². The van der Waals surface area contributed by atoms with Crippen molar-refractivity contribution < 1.29 is 161 Å². The fourth-order valence-electron chi connectivity index (χ4n) is 6.35. The van der Waals surface area contributed by atoms with Crippen LogP contribution in [0.1, 0.15) is 0 Å². The monoisotopic (exact) mass is 1070 g/mol. The van der Waals surface area contributed by atoms with Gasteiger partial charge in [0, 0.05) is 0 Å². The number of hydrogen-bond donors (Lipinski definition) is 15. The summed E-state index contributed by atoms with van der Waals surface area (Å²) in [5.41, 5.74) is 0. The Balaban J connectivity index is 1.71. The maximum absolute atomic E-state index is 12.5. The zero-order chi connectivity index (χ0) is 50.2. The Labute approximate surface area is 368 Å². The average molecular weight is 1070 g/mol. The largest absolute Gasteiger partial charge is 0.479 e. The van der Waals surface area contributed by atoms with Crippen LogP contribution in [0.3, 0.4) is 0 Å². The van der Waals surface area contributed by atoms with Crippen molar-refractivity contribution >= 4 is 63.7 Å². The third-order valence-electron chi connectivity index (χ3n) is 8.97. The van der Waals surface area contributed by atoms with E-state index in [0.717, 1.165) is 0 Å². The number of aliphatic hydroxyl groups is 6. The number of ether oxygens (including phenoxy) is 7. The van der Waals surface area contributed by atoms with E-state index in [0.29, 0.717) is 6.08 Å². The highest BCUT2D eigenvalue weighted by Gasteiger charge is 2.57. The van der Waals surface area contributed by atoms with E-state index in [-0.39, 0.29) is 0 Å². The minimum absolute atomic E-state index is 0.307. The van der Waals surface area contributed by atoms with Gasteiger partial charge in [-0.3, -0.25) is 22.8 Å². The summed E-state index contributed by atoms with van der Waals surface area (Å²) in [5, 5.41) is 84.7. The minimum Gasteiger partial charge on any atom is -0.479 e. The normalized spacial score (nSPS) is 38.5. The predicted molar refractivity (Wildman–Crippen MR) is 189 cm³/mol. The summed E-state index contributed by atoms with van der Waals surface area (Å²) in [6.07, 6.45) is -41.1. The molecule has 384 valence electrons. The lowest BCUT2D eigenvalue weighted by atomic mass is 9.95. The highest BCUT2D eigenvalue weighted by molar-refractivity contribution is 7.84.